The van der Waals surface area contributed by atoms with Crippen LogP contribution in [0.4, 0.5) is 14.5 Å². The number of ether oxygens (including phenoxy) is 1. The van der Waals surface area contributed by atoms with Crippen LogP contribution in [0.15, 0.2) is 17.1 Å². The largest absolute Gasteiger partial charge is 0.492 e. The van der Waals surface area contributed by atoms with E-state index < -0.39 is 29.0 Å². The Kier molecular flexibility index (Phi) is 4.88. The van der Waals surface area contributed by atoms with E-state index in [0.29, 0.717) is 24.6 Å². The minimum absolute atomic E-state index is 0.0244. The highest BCUT2D eigenvalue weighted by Gasteiger charge is 2.38. The maximum absolute atomic E-state index is 15.3. The number of aromatic nitrogens is 1. The lowest BCUT2D eigenvalue weighted by molar-refractivity contribution is 0.0694. The van der Waals surface area contributed by atoms with Gasteiger partial charge in [0.2, 0.25) is 5.43 Å². The molecule has 7 nitrogen and oxygen atoms in total. The van der Waals surface area contributed by atoms with E-state index in [1.54, 1.807) is 9.47 Å². The van der Waals surface area contributed by atoms with Crippen LogP contribution in [0.3, 0.4) is 0 Å². The minimum atomic E-state index is -1.35. The number of anilines is 1. The molecule has 3 aliphatic rings. The fraction of sp³-hybridized carbons (Fsp3) is 0.545. The number of rotatable bonds is 7. The Labute approximate surface area is 177 Å². The Morgan fingerprint density at radius 3 is 2.65 bits per heavy atom. The third kappa shape index (κ3) is 3.54. The Bertz CT molecular complexity index is 1110. The molecule has 1 aromatic heterocycles. The van der Waals surface area contributed by atoms with Crippen molar-refractivity contribution in [3.8, 4) is 5.75 Å². The average Bonchev–Trinajstić information content (AvgIpc) is 3.65. The number of hydrogen-bond acceptors (Lipinski definition) is 5. The molecule has 5 rings (SSSR count). The van der Waals surface area contributed by atoms with Gasteiger partial charge in [-0.2, -0.15) is 0 Å². The third-order valence-corrected chi connectivity index (χ3v) is 6.50. The van der Waals surface area contributed by atoms with E-state index in [-0.39, 0.29) is 35.3 Å². The van der Waals surface area contributed by atoms with E-state index in [4.69, 9.17) is 4.74 Å². The normalized spacial score (nSPS) is 23.5. The van der Waals surface area contributed by atoms with E-state index in [1.807, 2.05) is 0 Å². The molecule has 2 aromatic rings. The summed E-state index contributed by atoms with van der Waals surface area (Å²) in [6.07, 6.45) is 4.09. The molecule has 1 saturated heterocycles. The lowest BCUT2D eigenvalue weighted by Gasteiger charge is -2.24. The molecule has 0 bridgehead atoms. The van der Waals surface area contributed by atoms with Gasteiger partial charge in [-0.15, -0.1) is 0 Å². The van der Waals surface area contributed by atoms with Crippen LogP contribution >= 0.6 is 0 Å². The third-order valence-electron chi connectivity index (χ3n) is 6.50. The van der Waals surface area contributed by atoms with E-state index in [1.165, 1.54) is 13.3 Å². The summed E-state index contributed by atoms with van der Waals surface area (Å²) < 4.78 is 37.3. The molecule has 2 heterocycles. The van der Waals surface area contributed by atoms with Gasteiger partial charge in [-0.1, -0.05) is 0 Å². The Balaban J connectivity index is 1.61. The van der Waals surface area contributed by atoms with Crippen molar-refractivity contribution < 1.29 is 23.4 Å². The molecule has 2 saturated carbocycles. The highest BCUT2D eigenvalue weighted by atomic mass is 19.1. The van der Waals surface area contributed by atoms with Gasteiger partial charge in [-0.25, -0.2) is 13.6 Å². The lowest BCUT2D eigenvalue weighted by atomic mass is 10.1. The number of benzene rings is 1. The Morgan fingerprint density at radius 1 is 1.29 bits per heavy atom. The number of halogens is 2. The zero-order chi connectivity index (χ0) is 21.9. The zero-order valence-electron chi connectivity index (χ0n) is 17.2. The molecule has 0 amide bonds. The van der Waals surface area contributed by atoms with Crippen molar-refractivity contribution in [3.63, 3.8) is 0 Å². The first-order chi connectivity index (χ1) is 14.9. The van der Waals surface area contributed by atoms with Gasteiger partial charge in [0, 0.05) is 43.8 Å². The standard InChI is InChI=1S/C22H25F2N3O4/c1-31-21-18-14(20(28)15(22(29)30)9-27(18)13-4-5-13)6-16(23)19(21)26-8-11(17(24)10-26)7-25-12-2-3-12/h6,9,11-13,17,25H,2-5,7-8,10H2,1H3,(H,29,30)/t11-,17-/m1/s1. The first-order valence-corrected chi connectivity index (χ1v) is 10.7. The van der Waals surface area contributed by atoms with Crippen molar-refractivity contribution in [2.24, 2.45) is 5.92 Å². The zero-order valence-corrected chi connectivity index (χ0v) is 17.2. The van der Waals surface area contributed by atoms with Crippen molar-refractivity contribution in [3.05, 3.63) is 33.9 Å². The smallest absolute Gasteiger partial charge is 0.341 e. The number of fused-ring (bicyclic) bond motifs is 1. The number of nitrogens with zero attached hydrogens (tertiary/aromatic N) is 2. The summed E-state index contributed by atoms with van der Waals surface area (Å²) in [7, 11) is 1.39. The molecule has 0 radical (unpaired) electrons. The quantitative estimate of drug-likeness (QED) is 0.699. The molecule has 1 aromatic carbocycles. The highest BCUT2D eigenvalue weighted by molar-refractivity contribution is 5.97. The summed E-state index contributed by atoms with van der Waals surface area (Å²) in [6, 6.07) is 1.56. The van der Waals surface area contributed by atoms with Crippen LogP contribution in [0.25, 0.3) is 10.9 Å². The Hall–Kier alpha value is -2.68. The van der Waals surface area contributed by atoms with Gasteiger partial charge in [-0.05, 0) is 31.7 Å². The SMILES string of the molecule is COc1c(N2C[C@@H](CNC3CC3)[C@H](F)C2)c(F)cc2c(=O)c(C(=O)O)cn(C3CC3)c12. The molecule has 0 unspecified atom stereocenters. The molecule has 31 heavy (non-hydrogen) atoms. The number of carboxylic acid groups (broad SMARTS) is 1. The summed E-state index contributed by atoms with van der Waals surface area (Å²) >= 11 is 0. The number of carboxylic acids is 1. The van der Waals surface area contributed by atoms with Crippen LogP contribution in [0.1, 0.15) is 42.1 Å². The van der Waals surface area contributed by atoms with Crippen molar-refractivity contribution in [2.75, 3.05) is 31.6 Å². The average molecular weight is 433 g/mol. The summed E-state index contributed by atoms with van der Waals surface area (Å²) in [5.74, 6) is -2.18. The second-order valence-electron chi connectivity index (χ2n) is 8.82. The van der Waals surface area contributed by atoms with Gasteiger partial charge < -0.3 is 24.6 Å². The predicted molar refractivity (Wildman–Crippen MR) is 112 cm³/mol. The topological polar surface area (TPSA) is 83.8 Å². The molecule has 3 fully saturated rings. The van der Waals surface area contributed by atoms with Crippen LogP contribution in [-0.2, 0) is 0 Å². The monoisotopic (exact) mass is 433 g/mol. The van der Waals surface area contributed by atoms with Gasteiger partial charge in [-0.3, -0.25) is 4.79 Å². The number of methoxy groups -OCH3 is 1. The molecule has 0 spiro atoms. The number of nitrogens with one attached hydrogen (secondary N) is 1. The van der Waals surface area contributed by atoms with Gasteiger partial charge in [0.1, 0.15) is 17.4 Å². The first kappa shape index (κ1) is 20.2. The summed E-state index contributed by atoms with van der Waals surface area (Å²) in [5, 5.41) is 12.7. The van der Waals surface area contributed by atoms with Gasteiger partial charge in [0.05, 0.1) is 18.0 Å². The number of pyridine rings is 1. The summed E-state index contributed by atoms with van der Waals surface area (Å²) in [5.41, 5.74) is -0.654. The van der Waals surface area contributed by atoms with E-state index >= 15 is 4.39 Å². The molecule has 2 aliphatic carbocycles. The molecule has 2 N–H and O–H groups in total. The maximum atomic E-state index is 15.3. The van der Waals surface area contributed by atoms with Gasteiger partial charge in [0.25, 0.3) is 0 Å². The molecule has 9 heteroatoms. The van der Waals surface area contributed by atoms with Crippen molar-refractivity contribution >= 4 is 22.6 Å². The maximum Gasteiger partial charge on any atom is 0.341 e. The van der Waals surface area contributed by atoms with E-state index in [9.17, 15) is 19.1 Å². The number of aromatic carboxylic acids is 1. The second-order valence-corrected chi connectivity index (χ2v) is 8.82. The van der Waals surface area contributed by atoms with Crippen LogP contribution in [0.5, 0.6) is 5.75 Å². The summed E-state index contributed by atoms with van der Waals surface area (Å²) in [6.45, 7) is 0.909. The number of carbonyl (C=O) groups is 1. The summed E-state index contributed by atoms with van der Waals surface area (Å²) in [4.78, 5) is 26.0. The van der Waals surface area contributed by atoms with Crippen LogP contribution in [0.2, 0.25) is 0 Å². The lowest BCUT2D eigenvalue weighted by Crippen LogP contribution is -2.30. The van der Waals surface area contributed by atoms with E-state index in [0.717, 1.165) is 31.7 Å². The molecular formula is C22H25F2N3O4. The van der Waals surface area contributed by atoms with Crippen LogP contribution < -0.4 is 20.4 Å². The molecule has 2 atom stereocenters. The fourth-order valence-electron chi connectivity index (χ4n) is 4.54. The van der Waals surface area contributed by atoms with Crippen molar-refractivity contribution in [2.45, 2.75) is 43.9 Å². The Morgan fingerprint density at radius 2 is 2.03 bits per heavy atom. The number of hydrogen-bond donors (Lipinski definition) is 2. The molecule has 1 aliphatic heterocycles. The highest BCUT2D eigenvalue weighted by Crippen LogP contribution is 2.44. The van der Waals surface area contributed by atoms with Gasteiger partial charge >= 0.3 is 5.97 Å². The fourth-order valence-corrected chi connectivity index (χ4v) is 4.54. The predicted octanol–water partition coefficient (Wildman–Crippen LogP) is 2.71. The minimum Gasteiger partial charge on any atom is -0.492 e. The van der Waals surface area contributed by atoms with Crippen molar-refractivity contribution in [1.29, 1.82) is 0 Å². The van der Waals surface area contributed by atoms with Crippen LogP contribution in [-0.4, -0.2) is 54.6 Å². The van der Waals surface area contributed by atoms with Crippen LogP contribution in [0, 0.1) is 11.7 Å². The molecular weight excluding hydrogens is 408 g/mol. The first-order valence-electron chi connectivity index (χ1n) is 10.7. The molecule has 166 valence electrons. The van der Waals surface area contributed by atoms with Crippen molar-refractivity contribution in [1.82, 2.24) is 9.88 Å². The van der Waals surface area contributed by atoms with E-state index in [2.05, 4.69) is 5.32 Å². The second kappa shape index (κ2) is 7.47. The number of alkyl halides is 1. The van der Waals surface area contributed by atoms with Gasteiger partial charge in [0.15, 0.2) is 11.6 Å².